The lowest BCUT2D eigenvalue weighted by Gasteiger charge is -2.40. The Labute approximate surface area is 210 Å². The average Bonchev–Trinajstić information content (AvgIpc) is 2.81. The van der Waals surface area contributed by atoms with Crippen LogP contribution in [0.4, 0.5) is 11.4 Å². The first-order valence-corrected chi connectivity index (χ1v) is 13.5. The van der Waals surface area contributed by atoms with Crippen molar-refractivity contribution >= 4 is 40.3 Å². The highest BCUT2D eigenvalue weighted by Gasteiger charge is 2.29. The van der Waals surface area contributed by atoms with Crippen molar-refractivity contribution in [2.45, 2.75) is 78.3 Å². The molecule has 0 amide bonds. The van der Waals surface area contributed by atoms with Crippen molar-refractivity contribution in [3.63, 3.8) is 0 Å². The summed E-state index contributed by atoms with van der Waals surface area (Å²) in [5.74, 6) is 0.637. The molecule has 0 radical (unpaired) electrons. The number of hydrogen-bond donors (Lipinski definition) is 1. The summed E-state index contributed by atoms with van der Waals surface area (Å²) in [5, 5.41) is 5.07. The van der Waals surface area contributed by atoms with E-state index in [1.54, 1.807) is 0 Å². The molecule has 1 N–H and O–H groups in total. The van der Waals surface area contributed by atoms with Crippen LogP contribution in [0.2, 0.25) is 5.02 Å². The SMILES string of the molecule is CCCN1CCCc2cc(CN(C(=S)Nc3ccc(C)c(Cl)c3)[C@@H]3CCCC[C@H]3C)ccc21. The van der Waals surface area contributed by atoms with Gasteiger partial charge in [-0.2, -0.15) is 0 Å². The van der Waals surface area contributed by atoms with Crippen molar-refractivity contribution in [1.29, 1.82) is 0 Å². The molecule has 2 aliphatic rings. The summed E-state index contributed by atoms with van der Waals surface area (Å²) in [6, 6.07) is 13.7. The van der Waals surface area contributed by atoms with Crippen molar-refractivity contribution in [2.75, 3.05) is 23.3 Å². The van der Waals surface area contributed by atoms with E-state index in [1.807, 2.05) is 19.1 Å². The lowest BCUT2D eigenvalue weighted by molar-refractivity contribution is 0.177. The smallest absolute Gasteiger partial charge is 0.173 e. The minimum atomic E-state index is 0.465. The summed E-state index contributed by atoms with van der Waals surface area (Å²) in [6.45, 7) is 9.85. The molecule has 1 aliphatic carbocycles. The number of rotatable bonds is 6. The Kier molecular flexibility index (Phi) is 8.19. The van der Waals surface area contributed by atoms with Gasteiger partial charge in [-0.05, 0) is 92.1 Å². The Morgan fingerprint density at radius 1 is 1.15 bits per heavy atom. The van der Waals surface area contributed by atoms with Crippen molar-refractivity contribution in [2.24, 2.45) is 5.92 Å². The molecule has 2 aromatic rings. The van der Waals surface area contributed by atoms with E-state index < -0.39 is 0 Å². The van der Waals surface area contributed by atoms with Crippen LogP contribution >= 0.6 is 23.8 Å². The number of hydrogen-bond acceptors (Lipinski definition) is 2. The van der Waals surface area contributed by atoms with Gasteiger partial charge in [-0.25, -0.2) is 0 Å². The lowest BCUT2D eigenvalue weighted by atomic mass is 9.84. The van der Waals surface area contributed by atoms with Crippen molar-refractivity contribution in [3.8, 4) is 0 Å². The fraction of sp³-hybridized carbons (Fsp3) is 0.536. The van der Waals surface area contributed by atoms with Crippen LogP contribution in [-0.2, 0) is 13.0 Å². The predicted octanol–water partition coefficient (Wildman–Crippen LogP) is 7.59. The summed E-state index contributed by atoms with van der Waals surface area (Å²) in [6.07, 6.45) is 8.69. The Bertz CT molecular complexity index is 976. The molecule has 0 saturated heterocycles. The second kappa shape index (κ2) is 11.1. The van der Waals surface area contributed by atoms with Crippen LogP contribution < -0.4 is 10.2 Å². The van der Waals surface area contributed by atoms with Crippen LogP contribution in [-0.4, -0.2) is 29.1 Å². The summed E-state index contributed by atoms with van der Waals surface area (Å²) < 4.78 is 0. The Morgan fingerprint density at radius 2 is 1.97 bits per heavy atom. The maximum Gasteiger partial charge on any atom is 0.173 e. The predicted molar refractivity (Wildman–Crippen MR) is 147 cm³/mol. The monoisotopic (exact) mass is 483 g/mol. The minimum Gasteiger partial charge on any atom is -0.371 e. The number of aryl methyl sites for hydroxylation is 2. The first-order valence-electron chi connectivity index (χ1n) is 12.7. The van der Waals surface area contributed by atoms with Gasteiger partial charge in [-0.1, -0.05) is 56.5 Å². The van der Waals surface area contributed by atoms with Crippen LogP contribution in [0.25, 0.3) is 0 Å². The maximum absolute atomic E-state index is 6.38. The molecule has 2 atom stereocenters. The van der Waals surface area contributed by atoms with Gasteiger partial charge in [0.15, 0.2) is 5.11 Å². The molecule has 33 heavy (non-hydrogen) atoms. The maximum atomic E-state index is 6.38. The molecular weight excluding hydrogens is 446 g/mol. The fourth-order valence-corrected chi connectivity index (χ4v) is 5.99. The summed E-state index contributed by atoms with van der Waals surface area (Å²) in [4.78, 5) is 5.00. The van der Waals surface area contributed by atoms with Gasteiger partial charge in [-0.15, -0.1) is 0 Å². The van der Waals surface area contributed by atoms with Crippen LogP contribution in [0.3, 0.4) is 0 Å². The zero-order valence-electron chi connectivity index (χ0n) is 20.4. The molecule has 0 unspecified atom stereocenters. The van der Waals surface area contributed by atoms with E-state index in [0.717, 1.165) is 34.5 Å². The fourth-order valence-electron chi connectivity index (χ4n) is 5.49. The van der Waals surface area contributed by atoms with Crippen LogP contribution in [0, 0.1) is 12.8 Å². The standard InChI is InChI=1S/C28H38ClN3S/c1-4-15-31-16-7-9-23-17-22(12-14-27(23)31)19-32(26-10-6-5-8-21(26)3)28(33)30-24-13-11-20(2)25(29)18-24/h11-14,17-18,21,26H,4-10,15-16,19H2,1-3H3,(H,30,33)/t21-,26-/m1/s1. The normalized spacial score (nSPS) is 20.3. The number of nitrogens with one attached hydrogen (secondary N) is 1. The Hall–Kier alpha value is -1.78. The van der Waals surface area contributed by atoms with Crippen LogP contribution in [0.1, 0.15) is 69.1 Å². The summed E-state index contributed by atoms with van der Waals surface area (Å²) >= 11 is 12.4. The van der Waals surface area contributed by atoms with E-state index in [2.05, 4.69) is 53.2 Å². The highest BCUT2D eigenvalue weighted by molar-refractivity contribution is 7.80. The first-order chi connectivity index (χ1) is 16.0. The van der Waals surface area contributed by atoms with E-state index in [9.17, 15) is 0 Å². The summed E-state index contributed by atoms with van der Waals surface area (Å²) in [5.41, 5.74) is 6.32. The van der Waals surface area contributed by atoms with Crippen molar-refractivity contribution in [1.82, 2.24) is 4.90 Å². The molecule has 4 rings (SSSR count). The van der Waals surface area contributed by atoms with E-state index in [4.69, 9.17) is 23.8 Å². The third-order valence-corrected chi connectivity index (χ3v) is 8.10. The largest absolute Gasteiger partial charge is 0.371 e. The van der Waals surface area contributed by atoms with Crippen molar-refractivity contribution < 1.29 is 0 Å². The molecule has 1 aliphatic heterocycles. The number of halogens is 1. The molecule has 0 aromatic heterocycles. The van der Waals surface area contributed by atoms with Gasteiger partial charge in [0.05, 0.1) is 0 Å². The summed E-state index contributed by atoms with van der Waals surface area (Å²) in [7, 11) is 0. The molecule has 3 nitrogen and oxygen atoms in total. The van der Waals surface area contributed by atoms with Crippen molar-refractivity contribution in [3.05, 3.63) is 58.1 Å². The highest BCUT2D eigenvalue weighted by atomic mass is 35.5. The third kappa shape index (κ3) is 5.84. The van der Waals surface area contributed by atoms with E-state index in [1.165, 1.54) is 68.3 Å². The number of nitrogens with zero attached hydrogens (tertiary/aromatic N) is 2. The van der Waals surface area contributed by atoms with E-state index in [0.29, 0.717) is 12.0 Å². The first kappa shape index (κ1) is 24.3. The Balaban J connectivity index is 1.57. The molecule has 1 fully saturated rings. The highest BCUT2D eigenvalue weighted by Crippen LogP contribution is 2.32. The van der Waals surface area contributed by atoms with Crippen LogP contribution in [0.5, 0.6) is 0 Å². The van der Waals surface area contributed by atoms with E-state index >= 15 is 0 Å². The lowest BCUT2D eigenvalue weighted by Crippen LogP contribution is -2.46. The second-order valence-electron chi connectivity index (χ2n) is 9.90. The molecule has 0 bridgehead atoms. The van der Waals surface area contributed by atoms with Gasteiger partial charge in [0.2, 0.25) is 0 Å². The van der Waals surface area contributed by atoms with Gasteiger partial charge >= 0.3 is 0 Å². The topological polar surface area (TPSA) is 18.5 Å². The number of anilines is 2. The number of thiocarbonyl (C=S) groups is 1. The van der Waals surface area contributed by atoms with Crippen LogP contribution in [0.15, 0.2) is 36.4 Å². The molecule has 0 spiro atoms. The Morgan fingerprint density at radius 3 is 2.73 bits per heavy atom. The van der Waals surface area contributed by atoms with Gasteiger partial charge in [0, 0.05) is 42.1 Å². The zero-order chi connectivity index (χ0) is 23.4. The molecule has 1 heterocycles. The number of benzene rings is 2. The molecule has 2 aromatic carbocycles. The van der Waals surface area contributed by atoms with Gasteiger partial charge in [0.1, 0.15) is 0 Å². The van der Waals surface area contributed by atoms with Gasteiger partial charge < -0.3 is 15.1 Å². The minimum absolute atomic E-state index is 0.465. The molecular formula is C28H38ClN3S. The molecule has 1 saturated carbocycles. The van der Waals surface area contributed by atoms with E-state index in [-0.39, 0.29) is 0 Å². The number of fused-ring (bicyclic) bond motifs is 1. The third-order valence-electron chi connectivity index (χ3n) is 7.36. The quantitative estimate of drug-likeness (QED) is 0.426. The molecule has 178 valence electrons. The van der Waals surface area contributed by atoms with Gasteiger partial charge in [-0.3, -0.25) is 0 Å². The zero-order valence-corrected chi connectivity index (χ0v) is 21.9. The second-order valence-corrected chi connectivity index (χ2v) is 10.7. The molecule has 5 heteroatoms. The average molecular weight is 484 g/mol. The van der Waals surface area contributed by atoms with Gasteiger partial charge in [0.25, 0.3) is 0 Å².